The fourth-order valence-corrected chi connectivity index (χ4v) is 2.05. The number of anilines is 1. The summed E-state index contributed by atoms with van der Waals surface area (Å²) in [6.45, 7) is 0. The lowest BCUT2D eigenvalue weighted by atomic mass is 10.2. The molecule has 1 aromatic heterocycles. The highest BCUT2D eigenvalue weighted by Crippen LogP contribution is 2.35. The van der Waals surface area contributed by atoms with Crippen molar-refractivity contribution in [3.63, 3.8) is 0 Å². The molecule has 0 radical (unpaired) electrons. The van der Waals surface area contributed by atoms with Gasteiger partial charge in [0.05, 0.1) is 7.11 Å². The molecule has 0 bridgehead atoms. The molecule has 1 heterocycles. The number of ether oxygens (including phenoxy) is 1. The summed E-state index contributed by atoms with van der Waals surface area (Å²) in [6.07, 6.45) is 2.24. The molecule has 76 valence electrons. The summed E-state index contributed by atoms with van der Waals surface area (Å²) in [5.41, 5.74) is 1.01. The fraction of sp³-hybridized carbons (Fsp3) is 0.500. The molecule has 1 fully saturated rings. The number of rotatable bonds is 4. The van der Waals surface area contributed by atoms with Gasteiger partial charge in [0.2, 0.25) is 0 Å². The van der Waals surface area contributed by atoms with Crippen LogP contribution in [0, 0.1) is 5.92 Å². The third-order valence-electron chi connectivity index (χ3n) is 2.39. The third-order valence-corrected chi connectivity index (χ3v) is 3.08. The van der Waals surface area contributed by atoms with E-state index in [4.69, 9.17) is 4.74 Å². The summed E-state index contributed by atoms with van der Waals surface area (Å²) < 4.78 is 4.76. The molecule has 1 atom stereocenters. The zero-order chi connectivity index (χ0) is 9.97. The number of carbonyl (C=O) groups excluding carboxylic acids is 1. The summed E-state index contributed by atoms with van der Waals surface area (Å²) in [6, 6.07) is 1.82. The third kappa shape index (κ3) is 2.07. The number of nitrogens with one attached hydrogen (secondary N) is 1. The van der Waals surface area contributed by atoms with Crippen molar-refractivity contribution in [3.05, 3.63) is 16.8 Å². The van der Waals surface area contributed by atoms with Crippen LogP contribution in [0.3, 0.4) is 0 Å². The SMILES string of the molecule is COC(=O)C(Nc1ccsc1)C1CC1. The molecular weight excluding hydrogens is 198 g/mol. The smallest absolute Gasteiger partial charge is 0.328 e. The van der Waals surface area contributed by atoms with E-state index in [9.17, 15) is 4.79 Å². The van der Waals surface area contributed by atoms with Crippen LogP contribution in [0.2, 0.25) is 0 Å². The van der Waals surface area contributed by atoms with Crippen molar-refractivity contribution in [2.75, 3.05) is 12.4 Å². The van der Waals surface area contributed by atoms with Gasteiger partial charge in [0.15, 0.2) is 0 Å². The van der Waals surface area contributed by atoms with Crippen LogP contribution in [0.5, 0.6) is 0 Å². The first kappa shape index (κ1) is 9.52. The molecule has 1 saturated carbocycles. The highest BCUT2D eigenvalue weighted by molar-refractivity contribution is 7.08. The van der Waals surface area contributed by atoms with Gasteiger partial charge in [-0.05, 0) is 30.2 Å². The number of methoxy groups -OCH3 is 1. The van der Waals surface area contributed by atoms with Crippen molar-refractivity contribution in [3.8, 4) is 0 Å². The fourth-order valence-electron chi connectivity index (χ4n) is 1.45. The summed E-state index contributed by atoms with van der Waals surface area (Å²) in [5, 5.41) is 7.20. The Bertz CT molecular complexity index is 306. The number of esters is 1. The number of hydrogen-bond acceptors (Lipinski definition) is 4. The van der Waals surface area contributed by atoms with E-state index in [2.05, 4.69) is 5.32 Å². The quantitative estimate of drug-likeness (QED) is 0.775. The molecule has 3 nitrogen and oxygen atoms in total. The Morgan fingerprint density at radius 1 is 1.71 bits per heavy atom. The highest BCUT2D eigenvalue weighted by Gasteiger charge is 2.36. The van der Waals surface area contributed by atoms with Crippen molar-refractivity contribution in [2.24, 2.45) is 5.92 Å². The van der Waals surface area contributed by atoms with Crippen LogP contribution in [-0.2, 0) is 9.53 Å². The van der Waals surface area contributed by atoms with Gasteiger partial charge in [-0.1, -0.05) is 0 Å². The van der Waals surface area contributed by atoms with Crippen LogP contribution >= 0.6 is 11.3 Å². The maximum Gasteiger partial charge on any atom is 0.328 e. The van der Waals surface area contributed by atoms with E-state index in [1.807, 2.05) is 16.8 Å². The summed E-state index contributed by atoms with van der Waals surface area (Å²) in [5.74, 6) is 0.307. The lowest BCUT2D eigenvalue weighted by Crippen LogP contribution is -2.32. The van der Waals surface area contributed by atoms with E-state index < -0.39 is 0 Å². The van der Waals surface area contributed by atoms with Gasteiger partial charge in [-0.3, -0.25) is 0 Å². The predicted molar refractivity (Wildman–Crippen MR) is 56.5 cm³/mol. The molecule has 1 unspecified atom stereocenters. The largest absolute Gasteiger partial charge is 0.467 e. The predicted octanol–water partition coefficient (Wildman–Crippen LogP) is 2.11. The van der Waals surface area contributed by atoms with Crippen LogP contribution in [0.1, 0.15) is 12.8 Å². The second kappa shape index (κ2) is 4.00. The second-order valence-electron chi connectivity index (χ2n) is 3.49. The minimum atomic E-state index is -0.158. The molecule has 0 aromatic carbocycles. The summed E-state index contributed by atoms with van der Waals surface area (Å²) in [7, 11) is 1.44. The average molecular weight is 211 g/mol. The number of carbonyl (C=O) groups is 1. The first-order valence-electron chi connectivity index (χ1n) is 4.68. The molecule has 1 aliphatic carbocycles. The maximum absolute atomic E-state index is 11.4. The van der Waals surface area contributed by atoms with Gasteiger partial charge in [0.25, 0.3) is 0 Å². The molecule has 1 N–H and O–H groups in total. The van der Waals surface area contributed by atoms with Gasteiger partial charge in [0.1, 0.15) is 6.04 Å². The number of hydrogen-bond donors (Lipinski definition) is 1. The Balaban J connectivity index is 2.00. The van der Waals surface area contributed by atoms with Gasteiger partial charge in [-0.15, -0.1) is 0 Å². The zero-order valence-corrected chi connectivity index (χ0v) is 8.84. The Morgan fingerprint density at radius 3 is 3.00 bits per heavy atom. The van der Waals surface area contributed by atoms with Crippen molar-refractivity contribution in [1.29, 1.82) is 0 Å². The number of thiophene rings is 1. The Labute approximate surface area is 87.1 Å². The van der Waals surface area contributed by atoms with Gasteiger partial charge < -0.3 is 10.1 Å². The van der Waals surface area contributed by atoms with Crippen LogP contribution in [-0.4, -0.2) is 19.1 Å². The molecular formula is C10H13NO2S. The van der Waals surface area contributed by atoms with Crippen LogP contribution < -0.4 is 5.32 Å². The Kier molecular flexibility index (Phi) is 2.72. The summed E-state index contributed by atoms with van der Waals surface area (Å²) >= 11 is 1.62. The van der Waals surface area contributed by atoms with Crippen LogP contribution in [0.25, 0.3) is 0 Å². The van der Waals surface area contributed by atoms with Crippen molar-refractivity contribution < 1.29 is 9.53 Å². The van der Waals surface area contributed by atoms with E-state index >= 15 is 0 Å². The van der Waals surface area contributed by atoms with E-state index in [1.54, 1.807) is 11.3 Å². The highest BCUT2D eigenvalue weighted by atomic mass is 32.1. The molecule has 14 heavy (non-hydrogen) atoms. The minimum Gasteiger partial charge on any atom is -0.467 e. The van der Waals surface area contributed by atoms with E-state index in [0.29, 0.717) is 5.92 Å². The molecule has 0 saturated heterocycles. The normalized spacial score (nSPS) is 17.5. The maximum atomic E-state index is 11.4. The van der Waals surface area contributed by atoms with E-state index in [-0.39, 0.29) is 12.0 Å². The van der Waals surface area contributed by atoms with Crippen LogP contribution in [0.4, 0.5) is 5.69 Å². The monoisotopic (exact) mass is 211 g/mol. The topological polar surface area (TPSA) is 38.3 Å². The lowest BCUT2D eigenvalue weighted by molar-refractivity contribution is -0.142. The van der Waals surface area contributed by atoms with Gasteiger partial charge in [-0.2, -0.15) is 11.3 Å². The first-order valence-corrected chi connectivity index (χ1v) is 5.62. The van der Waals surface area contributed by atoms with Crippen molar-refractivity contribution in [2.45, 2.75) is 18.9 Å². The lowest BCUT2D eigenvalue weighted by Gasteiger charge is -2.15. The zero-order valence-electron chi connectivity index (χ0n) is 8.03. The minimum absolute atomic E-state index is 0.154. The Morgan fingerprint density at radius 2 is 2.50 bits per heavy atom. The molecule has 1 aliphatic rings. The molecule has 0 spiro atoms. The second-order valence-corrected chi connectivity index (χ2v) is 4.27. The van der Waals surface area contributed by atoms with E-state index in [1.165, 1.54) is 7.11 Å². The molecule has 1 aromatic rings. The Hall–Kier alpha value is -1.03. The van der Waals surface area contributed by atoms with Crippen molar-refractivity contribution in [1.82, 2.24) is 0 Å². The van der Waals surface area contributed by atoms with Gasteiger partial charge in [-0.25, -0.2) is 4.79 Å². The standard InChI is InChI=1S/C10H13NO2S/c1-13-10(12)9(7-2-3-7)11-8-4-5-14-6-8/h4-7,9,11H,2-3H2,1H3. The molecule has 0 aliphatic heterocycles. The summed E-state index contributed by atoms with van der Waals surface area (Å²) in [4.78, 5) is 11.4. The first-order chi connectivity index (χ1) is 6.81. The average Bonchev–Trinajstić information content (AvgIpc) is 2.92. The van der Waals surface area contributed by atoms with Gasteiger partial charge >= 0.3 is 5.97 Å². The van der Waals surface area contributed by atoms with Crippen LogP contribution in [0.15, 0.2) is 16.8 Å². The van der Waals surface area contributed by atoms with Crippen molar-refractivity contribution >= 4 is 23.0 Å². The molecule has 0 amide bonds. The molecule has 2 rings (SSSR count). The van der Waals surface area contributed by atoms with Gasteiger partial charge in [0, 0.05) is 11.1 Å². The van der Waals surface area contributed by atoms with E-state index in [0.717, 1.165) is 18.5 Å². The molecule has 4 heteroatoms.